The van der Waals surface area contributed by atoms with Gasteiger partial charge in [-0.1, -0.05) is 13.8 Å². The molecule has 0 saturated carbocycles. The molecule has 1 N–H and O–H groups in total. The van der Waals surface area contributed by atoms with Crippen molar-refractivity contribution in [2.24, 2.45) is 0 Å². The van der Waals surface area contributed by atoms with E-state index >= 15 is 0 Å². The molecule has 0 fully saturated rings. The molecule has 0 radical (unpaired) electrons. The Balaban J connectivity index is 2.14. The number of hydrogen-bond acceptors (Lipinski definition) is 3. The van der Waals surface area contributed by atoms with Gasteiger partial charge in [-0.25, -0.2) is 0 Å². The predicted octanol–water partition coefficient (Wildman–Crippen LogP) is 3.37. The highest BCUT2D eigenvalue weighted by Gasteiger charge is 2.07. The standard InChI is InChI=1S/C15H21NO2/c1-4-17-13-5-6-15-14(9-13)12(10-18-15)7-8-16-11(2)3/h5-6,9-11,16H,4,7-8H2,1-3H3. The Kier molecular flexibility index (Phi) is 4.26. The van der Waals surface area contributed by atoms with E-state index in [9.17, 15) is 0 Å². The van der Waals surface area contributed by atoms with Crippen LogP contribution in [0.3, 0.4) is 0 Å². The van der Waals surface area contributed by atoms with E-state index in [4.69, 9.17) is 9.15 Å². The van der Waals surface area contributed by atoms with Crippen LogP contribution < -0.4 is 10.1 Å². The average molecular weight is 247 g/mol. The van der Waals surface area contributed by atoms with Crippen LogP contribution in [0.25, 0.3) is 11.0 Å². The number of hydrogen-bond donors (Lipinski definition) is 1. The first-order valence-electron chi connectivity index (χ1n) is 6.57. The van der Waals surface area contributed by atoms with E-state index in [0.29, 0.717) is 12.6 Å². The number of fused-ring (bicyclic) bond motifs is 1. The summed E-state index contributed by atoms with van der Waals surface area (Å²) in [5.74, 6) is 0.907. The van der Waals surface area contributed by atoms with Gasteiger partial charge in [-0.05, 0) is 43.7 Å². The minimum absolute atomic E-state index is 0.516. The van der Waals surface area contributed by atoms with Crippen LogP contribution in [0, 0.1) is 0 Å². The minimum atomic E-state index is 0.516. The van der Waals surface area contributed by atoms with E-state index in [0.717, 1.165) is 29.7 Å². The molecule has 2 aromatic rings. The molecule has 0 atom stereocenters. The van der Waals surface area contributed by atoms with Crippen molar-refractivity contribution < 1.29 is 9.15 Å². The lowest BCUT2D eigenvalue weighted by molar-refractivity contribution is 0.340. The third-order valence-electron chi connectivity index (χ3n) is 2.88. The summed E-state index contributed by atoms with van der Waals surface area (Å²) in [5, 5.41) is 4.57. The van der Waals surface area contributed by atoms with Crippen molar-refractivity contribution in [3.8, 4) is 5.75 Å². The molecular formula is C15H21NO2. The van der Waals surface area contributed by atoms with Crippen LogP contribution in [0.4, 0.5) is 0 Å². The lowest BCUT2D eigenvalue weighted by atomic mass is 10.1. The second kappa shape index (κ2) is 5.91. The van der Waals surface area contributed by atoms with E-state index in [1.165, 1.54) is 5.56 Å². The zero-order valence-corrected chi connectivity index (χ0v) is 11.3. The fraction of sp³-hybridized carbons (Fsp3) is 0.467. The molecule has 0 saturated heterocycles. The van der Waals surface area contributed by atoms with E-state index in [2.05, 4.69) is 25.2 Å². The molecular weight excluding hydrogens is 226 g/mol. The molecule has 0 aliphatic rings. The normalized spacial score (nSPS) is 11.3. The predicted molar refractivity (Wildman–Crippen MR) is 74.2 cm³/mol. The van der Waals surface area contributed by atoms with Crippen molar-refractivity contribution >= 4 is 11.0 Å². The Morgan fingerprint density at radius 3 is 2.89 bits per heavy atom. The van der Waals surface area contributed by atoms with Crippen molar-refractivity contribution in [3.05, 3.63) is 30.0 Å². The van der Waals surface area contributed by atoms with Crippen LogP contribution in [-0.4, -0.2) is 19.2 Å². The van der Waals surface area contributed by atoms with Gasteiger partial charge in [0.15, 0.2) is 0 Å². The first-order valence-corrected chi connectivity index (χ1v) is 6.57. The van der Waals surface area contributed by atoms with E-state index in [1.807, 2.05) is 25.3 Å². The molecule has 18 heavy (non-hydrogen) atoms. The van der Waals surface area contributed by atoms with Gasteiger partial charge < -0.3 is 14.5 Å². The summed E-state index contributed by atoms with van der Waals surface area (Å²) < 4.78 is 11.1. The third-order valence-corrected chi connectivity index (χ3v) is 2.88. The summed E-state index contributed by atoms with van der Waals surface area (Å²) in [6.07, 6.45) is 2.82. The van der Waals surface area contributed by atoms with Gasteiger partial charge in [0.1, 0.15) is 11.3 Å². The Labute approximate surface area is 108 Å². The molecule has 0 aliphatic heterocycles. The number of nitrogens with one attached hydrogen (secondary N) is 1. The first-order chi connectivity index (χ1) is 8.70. The maximum atomic E-state index is 5.56. The lowest BCUT2D eigenvalue weighted by Crippen LogP contribution is -2.24. The molecule has 0 bridgehead atoms. The number of rotatable bonds is 6. The van der Waals surface area contributed by atoms with Gasteiger partial charge in [0.2, 0.25) is 0 Å². The molecule has 0 spiro atoms. The molecule has 3 heteroatoms. The van der Waals surface area contributed by atoms with Gasteiger partial charge in [-0.15, -0.1) is 0 Å². The summed E-state index contributed by atoms with van der Waals surface area (Å²) in [5.41, 5.74) is 2.16. The largest absolute Gasteiger partial charge is 0.494 e. The zero-order valence-electron chi connectivity index (χ0n) is 11.3. The van der Waals surface area contributed by atoms with E-state index in [-0.39, 0.29) is 0 Å². The first kappa shape index (κ1) is 13.0. The Bertz CT molecular complexity index is 502. The molecule has 1 aromatic carbocycles. The summed E-state index contributed by atoms with van der Waals surface area (Å²) in [6, 6.07) is 6.50. The molecule has 1 aromatic heterocycles. The van der Waals surface area contributed by atoms with Crippen LogP contribution in [-0.2, 0) is 6.42 Å². The summed E-state index contributed by atoms with van der Waals surface area (Å²) >= 11 is 0. The maximum absolute atomic E-state index is 5.56. The Morgan fingerprint density at radius 1 is 1.33 bits per heavy atom. The SMILES string of the molecule is CCOc1ccc2occ(CCNC(C)C)c2c1. The fourth-order valence-electron chi connectivity index (χ4n) is 2.01. The van der Waals surface area contributed by atoms with Gasteiger partial charge in [-0.2, -0.15) is 0 Å². The molecule has 0 amide bonds. The number of benzene rings is 1. The number of furan rings is 1. The van der Waals surface area contributed by atoms with Gasteiger partial charge in [0.25, 0.3) is 0 Å². The quantitative estimate of drug-likeness (QED) is 0.849. The molecule has 0 aliphatic carbocycles. The van der Waals surface area contributed by atoms with E-state index < -0.39 is 0 Å². The Hall–Kier alpha value is -1.48. The van der Waals surface area contributed by atoms with Crippen molar-refractivity contribution in [1.82, 2.24) is 5.32 Å². The maximum Gasteiger partial charge on any atom is 0.134 e. The van der Waals surface area contributed by atoms with Gasteiger partial charge in [0, 0.05) is 11.4 Å². The molecule has 98 valence electrons. The van der Waals surface area contributed by atoms with Crippen LogP contribution in [0.5, 0.6) is 5.75 Å². The van der Waals surface area contributed by atoms with Gasteiger partial charge >= 0.3 is 0 Å². The molecule has 3 nitrogen and oxygen atoms in total. The summed E-state index contributed by atoms with van der Waals surface area (Å²) in [4.78, 5) is 0. The van der Waals surface area contributed by atoms with E-state index in [1.54, 1.807) is 0 Å². The number of ether oxygens (including phenoxy) is 1. The van der Waals surface area contributed by atoms with Crippen LogP contribution in [0.15, 0.2) is 28.9 Å². The molecule has 1 heterocycles. The monoisotopic (exact) mass is 247 g/mol. The van der Waals surface area contributed by atoms with Crippen molar-refractivity contribution in [2.45, 2.75) is 33.2 Å². The van der Waals surface area contributed by atoms with Crippen LogP contribution >= 0.6 is 0 Å². The van der Waals surface area contributed by atoms with Crippen LogP contribution in [0.2, 0.25) is 0 Å². The second-order valence-corrected chi connectivity index (χ2v) is 4.71. The average Bonchev–Trinajstić information content (AvgIpc) is 2.72. The highest BCUT2D eigenvalue weighted by atomic mass is 16.5. The highest BCUT2D eigenvalue weighted by Crippen LogP contribution is 2.26. The van der Waals surface area contributed by atoms with Crippen molar-refractivity contribution in [3.63, 3.8) is 0 Å². The topological polar surface area (TPSA) is 34.4 Å². The van der Waals surface area contributed by atoms with Gasteiger partial charge in [-0.3, -0.25) is 0 Å². The lowest BCUT2D eigenvalue weighted by Gasteiger charge is -2.07. The fourth-order valence-corrected chi connectivity index (χ4v) is 2.01. The molecule has 0 unspecified atom stereocenters. The second-order valence-electron chi connectivity index (χ2n) is 4.71. The zero-order chi connectivity index (χ0) is 13.0. The highest BCUT2D eigenvalue weighted by molar-refractivity contribution is 5.82. The van der Waals surface area contributed by atoms with Gasteiger partial charge in [0.05, 0.1) is 12.9 Å². The smallest absolute Gasteiger partial charge is 0.134 e. The molecule has 2 rings (SSSR count). The third kappa shape index (κ3) is 3.05. The Morgan fingerprint density at radius 2 is 2.17 bits per heavy atom. The van der Waals surface area contributed by atoms with Crippen LogP contribution in [0.1, 0.15) is 26.3 Å². The minimum Gasteiger partial charge on any atom is -0.494 e. The summed E-state index contributed by atoms with van der Waals surface area (Å²) in [7, 11) is 0. The van der Waals surface area contributed by atoms with Crippen molar-refractivity contribution in [2.75, 3.05) is 13.2 Å². The van der Waals surface area contributed by atoms with Crippen molar-refractivity contribution in [1.29, 1.82) is 0 Å². The summed E-state index contributed by atoms with van der Waals surface area (Å²) in [6.45, 7) is 7.95.